The zero-order valence-corrected chi connectivity index (χ0v) is 12.6. The molecule has 1 aromatic carbocycles. The number of nitrogens with zero attached hydrogens (tertiary/aromatic N) is 3. The fourth-order valence-electron chi connectivity index (χ4n) is 2.31. The molecule has 0 saturated carbocycles. The molecule has 0 bridgehead atoms. The molecule has 0 aliphatic heterocycles. The number of halogens is 5. The van der Waals surface area contributed by atoms with Crippen molar-refractivity contribution in [2.75, 3.05) is 0 Å². The van der Waals surface area contributed by atoms with Gasteiger partial charge in [-0.25, -0.2) is 23.2 Å². The fraction of sp³-hybridized carbons (Fsp3) is 0.0625. The van der Waals surface area contributed by atoms with E-state index in [-0.39, 0.29) is 17.1 Å². The Kier molecular flexibility index (Phi) is 4.18. The number of carbonyl (C=O) groups is 1. The van der Waals surface area contributed by atoms with E-state index in [0.29, 0.717) is 10.9 Å². The fourth-order valence-corrected chi connectivity index (χ4v) is 2.31. The monoisotopic (exact) mass is 369 g/mol. The maximum Gasteiger partial charge on any atom is 0.434 e. The highest BCUT2D eigenvalue weighted by Gasteiger charge is 2.41. The average molecular weight is 369 g/mol. The van der Waals surface area contributed by atoms with Crippen LogP contribution < -0.4 is 0 Å². The second kappa shape index (κ2) is 6.21. The van der Waals surface area contributed by atoms with Gasteiger partial charge in [-0.15, -0.1) is 0 Å². The number of carboxylic acids is 1. The van der Waals surface area contributed by atoms with Crippen molar-refractivity contribution in [3.63, 3.8) is 0 Å². The van der Waals surface area contributed by atoms with Gasteiger partial charge in [0.15, 0.2) is 23.1 Å². The molecule has 0 aliphatic carbocycles. The number of aromatic carboxylic acids is 1. The smallest absolute Gasteiger partial charge is 0.434 e. The molecular weight excluding hydrogens is 361 g/mol. The quantitative estimate of drug-likeness (QED) is 0.711. The molecule has 134 valence electrons. The Labute approximate surface area is 142 Å². The number of alkyl halides is 3. The molecule has 2 heterocycles. The molecule has 26 heavy (non-hydrogen) atoms. The predicted molar refractivity (Wildman–Crippen MR) is 78.7 cm³/mol. The molecule has 0 saturated heterocycles. The summed E-state index contributed by atoms with van der Waals surface area (Å²) in [4.78, 5) is 15.0. The van der Waals surface area contributed by atoms with Gasteiger partial charge in [-0.2, -0.15) is 18.3 Å². The summed E-state index contributed by atoms with van der Waals surface area (Å²) in [6, 6.07) is 6.80. The normalized spacial score (nSPS) is 11.6. The molecule has 0 unspecified atom stereocenters. The van der Waals surface area contributed by atoms with Gasteiger partial charge >= 0.3 is 12.1 Å². The number of pyridine rings is 1. The van der Waals surface area contributed by atoms with Gasteiger partial charge in [-0.1, -0.05) is 6.07 Å². The van der Waals surface area contributed by atoms with Gasteiger partial charge < -0.3 is 5.11 Å². The molecular formula is C16H8F5N3O2. The number of carboxylic acid groups (broad SMARTS) is 1. The van der Waals surface area contributed by atoms with E-state index < -0.39 is 35.0 Å². The van der Waals surface area contributed by atoms with E-state index in [1.54, 1.807) is 0 Å². The Morgan fingerprint density at radius 3 is 2.42 bits per heavy atom. The first-order valence-electron chi connectivity index (χ1n) is 7.00. The van der Waals surface area contributed by atoms with Crippen LogP contribution in [0.15, 0.2) is 42.6 Å². The van der Waals surface area contributed by atoms with Crippen LogP contribution in [0.1, 0.15) is 16.1 Å². The van der Waals surface area contributed by atoms with Crippen LogP contribution in [0.3, 0.4) is 0 Å². The van der Waals surface area contributed by atoms with Gasteiger partial charge in [0.1, 0.15) is 5.56 Å². The summed E-state index contributed by atoms with van der Waals surface area (Å²) >= 11 is 0. The van der Waals surface area contributed by atoms with E-state index >= 15 is 0 Å². The summed E-state index contributed by atoms with van der Waals surface area (Å²) in [6.07, 6.45) is -4.43. The number of benzene rings is 1. The molecule has 0 fully saturated rings. The highest BCUT2D eigenvalue weighted by molar-refractivity contribution is 5.89. The van der Waals surface area contributed by atoms with Crippen LogP contribution in [0.2, 0.25) is 0 Å². The third-order valence-corrected chi connectivity index (χ3v) is 3.43. The highest BCUT2D eigenvalue weighted by atomic mass is 19.4. The molecule has 3 aromatic rings. The van der Waals surface area contributed by atoms with Crippen molar-refractivity contribution in [2.24, 2.45) is 0 Å². The maximum absolute atomic E-state index is 13.4. The largest absolute Gasteiger partial charge is 0.478 e. The summed E-state index contributed by atoms with van der Waals surface area (Å²) in [5.74, 6) is -4.34. The first kappa shape index (κ1) is 17.5. The summed E-state index contributed by atoms with van der Waals surface area (Å²) in [7, 11) is 0. The van der Waals surface area contributed by atoms with E-state index in [4.69, 9.17) is 5.11 Å². The highest BCUT2D eigenvalue weighted by Crippen LogP contribution is 2.33. The first-order valence-corrected chi connectivity index (χ1v) is 7.00. The molecule has 0 spiro atoms. The summed E-state index contributed by atoms with van der Waals surface area (Å²) in [5, 5.41) is 12.4. The molecule has 0 aliphatic rings. The van der Waals surface area contributed by atoms with Crippen molar-refractivity contribution in [2.45, 2.75) is 6.18 Å². The van der Waals surface area contributed by atoms with Crippen LogP contribution in [-0.4, -0.2) is 25.8 Å². The van der Waals surface area contributed by atoms with Crippen LogP contribution in [0, 0.1) is 11.6 Å². The topological polar surface area (TPSA) is 68.0 Å². The number of rotatable bonds is 3. The minimum absolute atomic E-state index is 0.0573. The summed E-state index contributed by atoms with van der Waals surface area (Å²) in [6.45, 7) is 0. The maximum atomic E-state index is 13.4. The van der Waals surface area contributed by atoms with Crippen LogP contribution in [0.25, 0.3) is 17.1 Å². The third kappa shape index (κ3) is 3.13. The number of hydrogen-bond donors (Lipinski definition) is 1. The van der Waals surface area contributed by atoms with Crippen LogP contribution >= 0.6 is 0 Å². The lowest BCUT2D eigenvalue weighted by Crippen LogP contribution is -2.18. The number of aromatic nitrogens is 3. The number of hydrogen-bond acceptors (Lipinski definition) is 3. The van der Waals surface area contributed by atoms with E-state index in [0.717, 1.165) is 12.1 Å². The molecule has 1 N–H and O–H groups in total. The van der Waals surface area contributed by atoms with Crippen molar-refractivity contribution in [3.05, 3.63) is 65.5 Å². The van der Waals surface area contributed by atoms with E-state index in [1.807, 2.05) is 0 Å². The molecule has 0 atom stereocenters. The zero-order chi connectivity index (χ0) is 19.1. The molecule has 3 rings (SSSR count). The summed E-state index contributed by atoms with van der Waals surface area (Å²) in [5.41, 5.74) is -2.34. The Bertz CT molecular complexity index is 998. The lowest BCUT2D eigenvalue weighted by Gasteiger charge is -2.12. The molecule has 2 aromatic heterocycles. The summed E-state index contributed by atoms with van der Waals surface area (Å²) < 4.78 is 66.5. The first-order chi connectivity index (χ1) is 12.2. The minimum Gasteiger partial charge on any atom is -0.478 e. The Morgan fingerprint density at radius 2 is 1.81 bits per heavy atom. The van der Waals surface area contributed by atoms with Crippen molar-refractivity contribution in [1.82, 2.24) is 14.8 Å². The SMILES string of the molecule is O=C(O)c1cnn(-c2cccc(-c3ccc(F)c(F)c3)n2)c1C(F)(F)F. The van der Waals surface area contributed by atoms with Crippen LogP contribution in [0.5, 0.6) is 0 Å². The van der Waals surface area contributed by atoms with Crippen molar-refractivity contribution in [1.29, 1.82) is 0 Å². The Hall–Kier alpha value is -3.30. The lowest BCUT2D eigenvalue weighted by atomic mass is 10.1. The average Bonchev–Trinajstić information content (AvgIpc) is 3.03. The molecule has 0 amide bonds. The Balaban J connectivity index is 2.15. The van der Waals surface area contributed by atoms with Gasteiger partial charge in [0.2, 0.25) is 0 Å². The minimum atomic E-state index is -5.00. The molecule has 10 heteroatoms. The van der Waals surface area contributed by atoms with Crippen molar-refractivity contribution in [3.8, 4) is 17.1 Å². The lowest BCUT2D eigenvalue weighted by molar-refractivity contribution is -0.143. The standard InChI is InChI=1S/C16H8F5N3O2/c17-10-5-4-8(6-11(10)18)12-2-1-3-13(23-12)24-14(16(19,20)21)9(7-22-24)15(25)26/h1-7H,(H,25,26). The van der Waals surface area contributed by atoms with Gasteiger partial charge in [-0.3, -0.25) is 0 Å². The van der Waals surface area contributed by atoms with Crippen molar-refractivity contribution >= 4 is 5.97 Å². The second-order valence-corrected chi connectivity index (χ2v) is 5.13. The Morgan fingerprint density at radius 1 is 1.08 bits per heavy atom. The molecule has 0 radical (unpaired) electrons. The van der Waals surface area contributed by atoms with Gasteiger partial charge in [0.05, 0.1) is 11.9 Å². The van der Waals surface area contributed by atoms with Crippen molar-refractivity contribution < 1.29 is 31.9 Å². The van der Waals surface area contributed by atoms with E-state index in [1.165, 1.54) is 24.3 Å². The zero-order valence-electron chi connectivity index (χ0n) is 12.6. The molecule has 5 nitrogen and oxygen atoms in total. The second-order valence-electron chi connectivity index (χ2n) is 5.13. The van der Waals surface area contributed by atoms with E-state index in [9.17, 15) is 26.7 Å². The van der Waals surface area contributed by atoms with Gasteiger partial charge in [0.25, 0.3) is 0 Å². The van der Waals surface area contributed by atoms with Crippen LogP contribution in [0.4, 0.5) is 22.0 Å². The predicted octanol–water partition coefficient (Wildman–Crippen LogP) is 3.93. The van der Waals surface area contributed by atoms with Gasteiger partial charge in [0, 0.05) is 5.56 Å². The van der Waals surface area contributed by atoms with Gasteiger partial charge in [-0.05, 0) is 30.3 Å². The van der Waals surface area contributed by atoms with E-state index in [2.05, 4.69) is 10.1 Å². The van der Waals surface area contributed by atoms with Crippen LogP contribution in [-0.2, 0) is 6.18 Å². The third-order valence-electron chi connectivity index (χ3n) is 3.43.